The van der Waals surface area contributed by atoms with E-state index in [0.717, 1.165) is 5.56 Å². The highest BCUT2D eigenvalue weighted by atomic mass is 32.2. The highest BCUT2D eigenvalue weighted by Crippen LogP contribution is 2.31. The molecule has 5 nitrogen and oxygen atoms in total. The molecule has 3 rings (SSSR count). The number of hydrogen-bond donors (Lipinski definition) is 1. The number of carbonyl (C=O) groups excluding carboxylic acids is 1. The third kappa shape index (κ3) is 4.10. The Morgan fingerprint density at radius 3 is 2.46 bits per heavy atom. The molecule has 130 valence electrons. The van der Waals surface area contributed by atoms with Crippen LogP contribution in [0.5, 0.6) is 0 Å². The molecule has 2 aromatic carbocycles. The molecule has 1 amide bonds. The van der Waals surface area contributed by atoms with Crippen LogP contribution in [0.3, 0.4) is 0 Å². The van der Waals surface area contributed by atoms with Gasteiger partial charge in [0.25, 0.3) is 5.91 Å². The Bertz CT molecular complexity index is 916. The number of benzene rings is 2. The standard InChI is InChI=1S/C20H16N2O3S/c1-22-18(23)17(9-5-8-14-6-3-2-4-7-14)26-20(22)21-16-12-10-15(11-13-16)19(24)25/h2-13H,1H3,(H,24,25). The van der Waals surface area contributed by atoms with Crippen LogP contribution in [0.15, 0.2) is 76.6 Å². The molecule has 26 heavy (non-hydrogen) atoms. The second-order valence-corrected chi connectivity index (χ2v) is 6.52. The van der Waals surface area contributed by atoms with Crippen LogP contribution in [0.2, 0.25) is 0 Å². The van der Waals surface area contributed by atoms with E-state index >= 15 is 0 Å². The van der Waals surface area contributed by atoms with Gasteiger partial charge >= 0.3 is 5.97 Å². The molecule has 1 aliphatic heterocycles. The molecule has 1 heterocycles. The quantitative estimate of drug-likeness (QED) is 0.827. The molecule has 0 unspecified atom stereocenters. The predicted octanol–water partition coefficient (Wildman–Crippen LogP) is 4.17. The topological polar surface area (TPSA) is 70.0 Å². The highest BCUT2D eigenvalue weighted by molar-refractivity contribution is 8.18. The van der Waals surface area contributed by atoms with Crippen LogP contribution in [0.4, 0.5) is 5.69 Å². The number of allylic oxidation sites excluding steroid dienone is 2. The summed E-state index contributed by atoms with van der Waals surface area (Å²) in [5.41, 5.74) is 1.85. The Labute approximate surface area is 155 Å². The number of nitrogens with zero attached hydrogens (tertiary/aromatic N) is 2. The minimum Gasteiger partial charge on any atom is -0.478 e. The molecule has 2 aromatic rings. The molecule has 0 bridgehead atoms. The predicted molar refractivity (Wildman–Crippen MR) is 104 cm³/mol. The number of likely N-dealkylation sites (N-methyl/N-ethyl adjacent to an activating group) is 1. The zero-order chi connectivity index (χ0) is 18.5. The first-order valence-corrected chi connectivity index (χ1v) is 8.67. The van der Waals surface area contributed by atoms with Crippen molar-refractivity contribution in [2.75, 3.05) is 7.05 Å². The summed E-state index contributed by atoms with van der Waals surface area (Å²) < 4.78 is 0. The number of aliphatic imine (C=N–C) groups is 1. The highest BCUT2D eigenvalue weighted by Gasteiger charge is 2.29. The van der Waals surface area contributed by atoms with Gasteiger partial charge in [-0.1, -0.05) is 42.5 Å². The van der Waals surface area contributed by atoms with Gasteiger partial charge in [0, 0.05) is 7.05 Å². The first-order valence-electron chi connectivity index (χ1n) is 7.86. The molecule has 0 aliphatic carbocycles. The molecule has 0 atom stereocenters. The zero-order valence-electron chi connectivity index (χ0n) is 14.0. The van der Waals surface area contributed by atoms with Crippen LogP contribution in [0, 0.1) is 0 Å². The maximum atomic E-state index is 12.3. The molecule has 6 heteroatoms. The monoisotopic (exact) mass is 364 g/mol. The van der Waals surface area contributed by atoms with Crippen molar-refractivity contribution < 1.29 is 14.7 Å². The van der Waals surface area contributed by atoms with Crippen LogP contribution < -0.4 is 0 Å². The number of carboxylic acid groups (broad SMARTS) is 1. The van der Waals surface area contributed by atoms with E-state index in [0.29, 0.717) is 15.8 Å². The van der Waals surface area contributed by atoms with Crippen LogP contribution in [-0.4, -0.2) is 34.1 Å². The van der Waals surface area contributed by atoms with Gasteiger partial charge in [0.1, 0.15) is 0 Å². The Morgan fingerprint density at radius 1 is 1.12 bits per heavy atom. The summed E-state index contributed by atoms with van der Waals surface area (Å²) in [6.07, 6.45) is 5.54. The van der Waals surface area contributed by atoms with Gasteiger partial charge in [-0.25, -0.2) is 9.79 Å². The van der Waals surface area contributed by atoms with E-state index in [-0.39, 0.29) is 11.5 Å². The molecule has 0 spiro atoms. The molecular formula is C20H16N2O3S. The molecule has 0 saturated carbocycles. The van der Waals surface area contributed by atoms with Gasteiger partial charge < -0.3 is 5.11 Å². The summed E-state index contributed by atoms with van der Waals surface area (Å²) in [6.45, 7) is 0. The second-order valence-electron chi connectivity index (χ2n) is 5.51. The first-order chi connectivity index (χ1) is 12.5. The van der Waals surface area contributed by atoms with E-state index in [9.17, 15) is 9.59 Å². The van der Waals surface area contributed by atoms with Crippen molar-refractivity contribution in [1.82, 2.24) is 4.90 Å². The number of thioether (sulfide) groups is 1. The maximum Gasteiger partial charge on any atom is 0.335 e. The first kappa shape index (κ1) is 17.7. The third-order valence-electron chi connectivity index (χ3n) is 3.68. The Kier molecular flexibility index (Phi) is 5.34. The fourth-order valence-corrected chi connectivity index (χ4v) is 3.20. The average Bonchev–Trinajstić information content (AvgIpc) is 2.91. The second kappa shape index (κ2) is 7.84. The maximum absolute atomic E-state index is 12.3. The van der Waals surface area contributed by atoms with E-state index in [4.69, 9.17) is 5.11 Å². The normalized spacial score (nSPS) is 17.6. The minimum absolute atomic E-state index is 0.117. The van der Waals surface area contributed by atoms with Crippen LogP contribution in [-0.2, 0) is 4.79 Å². The lowest BCUT2D eigenvalue weighted by atomic mass is 10.2. The molecule has 1 fully saturated rings. The number of rotatable bonds is 4. The number of hydrogen-bond acceptors (Lipinski definition) is 4. The Morgan fingerprint density at radius 2 is 1.81 bits per heavy atom. The molecule has 0 radical (unpaired) electrons. The smallest absolute Gasteiger partial charge is 0.335 e. The van der Waals surface area contributed by atoms with E-state index in [2.05, 4.69) is 4.99 Å². The van der Waals surface area contributed by atoms with E-state index in [1.165, 1.54) is 28.8 Å². The molecular weight excluding hydrogens is 348 g/mol. The van der Waals surface area contributed by atoms with Crippen molar-refractivity contribution in [3.8, 4) is 0 Å². The van der Waals surface area contributed by atoms with Gasteiger partial charge in [-0.3, -0.25) is 9.69 Å². The van der Waals surface area contributed by atoms with Crippen molar-refractivity contribution in [2.24, 2.45) is 4.99 Å². The van der Waals surface area contributed by atoms with E-state index in [1.807, 2.05) is 42.5 Å². The summed E-state index contributed by atoms with van der Waals surface area (Å²) in [5.74, 6) is -1.10. The summed E-state index contributed by atoms with van der Waals surface area (Å²) in [6, 6.07) is 16.0. The van der Waals surface area contributed by atoms with Gasteiger partial charge in [0.2, 0.25) is 0 Å². The Hall–Kier alpha value is -3.12. The lowest BCUT2D eigenvalue weighted by Crippen LogP contribution is -2.23. The minimum atomic E-state index is -0.984. The number of amides is 1. The SMILES string of the molecule is CN1C(=O)C(=CC=Cc2ccccc2)SC1=Nc1ccc(C(=O)O)cc1. The fraction of sp³-hybridized carbons (Fsp3) is 0.0500. The number of carbonyl (C=O) groups is 2. The zero-order valence-corrected chi connectivity index (χ0v) is 14.8. The van der Waals surface area contributed by atoms with Gasteiger partial charge in [-0.2, -0.15) is 0 Å². The number of carboxylic acids is 1. The van der Waals surface area contributed by atoms with Crippen LogP contribution >= 0.6 is 11.8 Å². The van der Waals surface area contributed by atoms with Crippen molar-refractivity contribution in [3.63, 3.8) is 0 Å². The Balaban J connectivity index is 1.76. The van der Waals surface area contributed by atoms with E-state index in [1.54, 1.807) is 25.3 Å². The number of amidine groups is 1. The van der Waals surface area contributed by atoms with Crippen LogP contribution in [0.1, 0.15) is 15.9 Å². The van der Waals surface area contributed by atoms with Crippen molar-refractivity contribution in [3.05, 3.63) is 82.8 Å². The van der Waals surface area contributed by atoms with Crippen molar-refractivity contribution in [1.29, 1.82) is 0 Å². The average molecular weight is 364 g/mol. The lowest BCUT2D eigenvalue weighted by molar-refractivity contribution is -0.121. The third-order valence-corrected chi connectivity index (χ3v) is 4.76. The number of aromatic carboxylic acids is 1. The van der Waals surface area contributed by atoms with Crippen molar-refractivity contribution >= 4 is 40.6 Å². The summed E-state index contributed by atoms with van der Waals surface area (Å²) in [7, 11) is 1.67. The summed E-state index contributed by atoms with van der Waals surface area (Å²) >= 11 is 1.29. The van der Waals surface area contributed by atoms with E-state index < -0.39 is 5.97 Å². The molecule has 0 aromatic heterocycles. The van der Waals surface area contributed by atoms with Gasteiger partial charge in [-0.05, 0) is 47.7 Å². The molecule has 1 aliphatic rings. The van der Waals surface area contributed by atoms with Crippen LogP contribution in [0.25, 0.3) is 6.08 Å². The van der Waals surface area contributed by atoms with Crippen molar-refractivity contribution in [2.45, 2.75) is 0 Å². The molecule has 1 saturated heterocycles. The van der Waals surface area contributed by atoms with Gasteiger partial charge in [0.15, 0.2) is 5.17 Å². The van der Waals surface area contributed by atoms with Gasteiger partial charge in [-0.15, -0.1) is 0 Å². The van der Waals surface area contributed by atoms with Gasteiger partial charge in [0.05, 0.1) is 16.2 Å². The largest absolute Gasteiger partial charge is 0.478 e. The summed E-state index contributed by atoms with van der Waals surface area (Å²) in [4.78, 5) is 29.7. The molecule has 1 N–H and O–H groups in total. The lowest BCUT2D eigenvalue weighted by Gasteiger charge is -2.07. The summed E-state index contributed by atoms with van der Waals surface area (Å²) in [5, 5.41) is 9.48. The fourth-order valence-electron chi connectivity index (χ4n) is 2.27.